The molecule has 0 aromatic heterocycles. The summed E-state index contributed by atoms with van der Waals surface area (Å²) in [6.07, 6.45) is 4.34. The van der Waals surface area contributed by atoms with Crippen LogP contribution in [0.5, 0.6) is 0 Å². The van der Waals surface area contributed by atoms with Crippen LogP contribution in [0.2, 0.25) is 0 Å². The molecule has 1 aromatic carbocycles. The SMILES string of the molecule is CCC(N)(CC)CNC(=O)c1cccc(S(=O)(=O)N2CCCCC2)c1.Cl. The number of rotatable bonds is 7. The Morgan fingerprint density at radius 1 is 1.19 bits per heavy atom. The fourth-order valence-electron chi connectivity index (χ4n) is 2.91. The molecule has 0 aliphatic carbocycles. The van der Waals surface area contributed by atoms with Crippen LogP contribution in [0.3, 0.4) is 0 Å². The monoisotopic (exact) mass is 403 g/mol. The van der Waals surface area contributed by atoms with Gasteiger partial charge in [-0.25, -0.2) is 8.42 Å². The van der Waals surface area contributed by atoms with Gasteiger partial charge in [-0.05, 0) is 43.9 Å². The number of nitrogens with one attached hydrogen (secondary N) is 1. The summed E-state index contributed by atoms with van der Waals surface area (Å²) in [7, 11) is -3.54. The lowest BCUT2D eigenvalue weighted by Gasteiger charge is -2.27. The van der Waals surface area contributed by atoms with E-state index in [1.807, 2.05) is 13.8 Å². The molecule has 0 radical (unpaired) electrons. The molecule has 1 heterocycles. The molecule has 1 amide bonds. The molecule has 0 spiro atoms. The highest BCUT2D eigenvalue weighted by Gasteiger charge is 2.27. The molecule has 0 bridgehead atoms. The number of carbonyl (C=O) groups is 1. The van der Waals surface area contributed by atoms with Gasteiger partial charge in [0.15, 0.2) is 0 Å². The van der Waals surface area contributed by atoms with Crippen molar-refractivity contribution in [2.24, 2.45) is 5.73 Å². The molecule has 26 heavy (non-hydrogen) atoms. The molecule has 8 heteroatoms. The van der Waals surface area contributed by atoms with Crippen molar-refractivity contribution < 1.29 is 13.2 Å². The van der Waals surface area contributed by atoms with Crippen LogP contribution < -0.4 is 11.1 Å². The summed E-state index contributed by atoms with van der Waals surface area (Å²) in [4.78, 5) is 12.6. The summed E-state index contributed by atoms with van der Waals surface area (Å²) >= 11 is 0. The Morgan fingerprint density at radius 2 is 1.81 bits per heavy atom. The topological polar surface area (TPSA) is 92.5 Å². The van der Waals surface area contributed by atoms with Gasteiger partial charge in [0.05, 0.1) is 4.90 Å². The van der Waals surface area contributed by atoms with E-state index < -0.39 is 15.6 Å². The zero-order valence-corrected chi connectivity index (χ0v) is 17.2. The molecule has 6 nitrogen and oxygen atoms in total. The first kappa shape index (κ1) is 22.9. The number of benzene rings is 1. The predicted octanol–water partition coefficient (Wildman–Crippen LogP) is 2.53. The molecule has 1 aliphatic heterocycles. The molecule has 148 valence electrons. The normalized spacial score (nSPS) is 16.0. The molecular formula is C18H30ClN3O3S. The van der Waals surface area contributed by atoms with Crippen LogP contribution >= 0.6 is 12.4 Å². The van der Waals surface area contributed by atoms with Crippen molar-refractivity contribution in [2.75, 3.05) is 19.6 Å². The van der Waals surface area contributed by atoms with Gasteiger partial charge >= 0.3 is 0 Å². The highest BCUT2D eigenvalue weighted by Crippen LogP contribution is 2.21. The second-order valence-electron chi connectivity index (χ2n) is 6.74. The summed E-state index contributed by atoms with van der Waals surface area (Å²) in [6, 6.07) is 6.24. The Kier molecular flexibility index (Phi) is 8.53. The van der Waals surface area contributed by atoms with Crippen LogP contribution in [0, 0.1) is 0 Å². The molecule has 1 saturated heterocycles. The van der Waals surface area contributed by atoms with E-state index in [-0.39, 0.29) is 23.2 Å². The molecular weight excluding hydrogens is 374 g/mol. The van der Waals surface area contributed by atoms with Crippen LogP contribution in [0.1, 0.15) is 56.3 Å². The van der Waals surface area contributed by atoms with E-state index in [4.69, 9.17) is 5.73 Å². The van der Waals surface area contributed by atoms with Crippen LogP contribution in [0.4, 0.5) is 0 Å². The van der Waals surface area contributed by atoms with Crippen molar-refractivity contribution in [3.63, 3.8) is 0 Å². The van der Waals surface area contributed by atoms with E-state index >= 15 is 0 Å². The summed E-state index contributed by atoms with van der Waals surface area (Å²) in [6.45, 7) is 5.42. The van der Waals surface area contributed by atoms with Gasteiger partial charge in [-0.2, -0.15) is 4.31 Å². The first-order valence-corrected chi connectivity index (χ1v) is 10.4. The van der Waals surface area contributed by atoms with E-state index in [0.29, 0.717) is 25.2 Å². The maximum absolute atomic E-state index is 12.7. The van der Waals surface area contributed by atoms with Gasteiger partial charge in [0, 0.05) is 30.7 Å². The summed E-state index contributed by atoms with van der Waals surface area (Å²) in [5.74, 6) is -0.299. The van der Waals surface area contributed by atoms with Gasteiger partial charge in [0.25, 0.3) is 5.91 Å². The van der Waals surface area contributed by atoms with Crippen LogP contribution in [0.15, 0.2) is 29.2 Å². The molecule has 1 fully saturated rings. The maximum atomic E-state index is 12.7. The van der Waals surface area contributed by atoms with Gasteiger partial charge in [-0.1, -0.05) is 26.3 Å². The minimum atomic E-state index is -3.54. The number of amides is 1. The fraction of sp³-hybridized carbons (Fsp3) is 0.611. The lowest BCUT2D eigenvalue weighted by molar-refractivity contribution is 0.0942. The fourth-order valence-corrected chi connectivity index (χ4v) is 4.47. The van der Waals surface area contributed by atoms with E-state index in [2.05, 4.69) is 5.32 Å². The predicted molar refractivity (Wildman–Crippen MR) is 106 cm³/mol. The number of nitrogens with zero attached hydrogens (tertiary/aromatic N) is 1. The molecule has 1 aliphatic rings. The minimum absolute atomic E-state index is 0. The largest absolute Gasteiger partial charge is 0.350 e. The molecule has 2 rings (SSSR count). The Bertz CT molecular complexity index is 699. The first-order valence-electron chi connectivity index (χ1n) is 9.00. The molecule has 0 saturated carbocycles. The summed E-state index contributed by atoms with van der Waals surface area (Å²) in [5.41, 5.74) is 6.11. The number of carbonyl (C=O) groups excluding carboxylic acids is 1. The van der Waals surface area contributed by atoms with Crippen LogP contribution in [-0.4, -0.2) is 43.8 Å². The Hall–Kier alpha value is -1.15. The van der Waals surface area contributed by atoms with Crippen LogP contribution in [-0.2, 0) is 10.0 Å². The van der Waals surface area contributed by atoms with Gasteiger partial charge in [0.1, 0.15) is 0 Å². The number of nitrogens with two attached hydrogens (primary N) is 1. The average molecular weight is 404 g/mol. The van der Waals surface area contributed by atoms with Gasteiger partial charge in [-0.3, -0.25) is 4.79 Å². The van der Waals surface area contributed by atoms with E-state index in [1.54, 1.807) is 18.2 Å². The molecule has 3 N–H and O–H groups in total. The van der Waals surface area contributed by atoms with E-state index in [0.717, 1.165) is 32.1 Å². The lowest BCUT2D eigenvalue weighted by atomic mass is 9.94. The number of hydrogen-bond acceptors (Lipinski definition) is 4. The highest BCUT2D eigenvalue weighted by molar-refractivity contribution is 7.89. The second kappa shape index (κ2) is 9.69. The number of hydrogen-bond donors (Lipinski definition) is 2. The second-order valence-corrected chi connectivity index (χ2v) is 8.68. The van der Waals surface area contributed by atoms with Crippen molar-refractivity contribution in [3.05, 3.63) is 29.8 Å². The summed E-state index contributed by atoms with van der Waals surface area (Å²) < 4.78 is 27.0. The zero-order chi connectivity index (χ0) is 18.5. The van der Waals surface area contributed by atoms with Crippen molar-refractivity contribution in [3.8, 4) is 0 Å². The van der Waals surface area contributed by atoms with Crippen molar-refractivity contribution in [2.45, 2.75) is 56.4 Å². The maximum Gasteiger partial charge on any atom is 0.251 e. The van der Waals surface area contributed by atoms with Crippen molar-refractivity contribution in [1.29, 1.82) is 0 Å². The van der Waals surface area contributed by atoms with Gasteiger partial charge in [-0.15, -0.1) is 12.4 Å². The molecule has 1 aromatic rings. The average Bonchev–Trinajstić information content (AvgIpc) is 2.66. The zero-order valence-electron chi connectivity index (χ0n) is 15.5. The third kappa shape index (κ3) is 5.42. The number of sulfonamides is 1. The number of piperidine rings is 1. The minimum Gasteiger partial charge on any atom is -0.350 e. The lowest BCUT2D eigenvalue weighted by Crippen LogP contribution is -2.49. The Morgan fingerprint density at radius 3 is 2.38 bits per heavy atom. The van der Waals surface area contributed by atoms with E-state index in [1.165, 1.54) is 10.4 Å². The third-order valence-electron chi connectivity index (χ3n) is 5.06. The molecule has 0 atom stereocenters. The quantitative estimate of drug-likeness (QED) is 0.731. The highest BCUT2D eigenvalue weighted by atomic mass is 35.5. The molecule has 0 unspecified atom stereocenters. The van der Waals surface area contributed by atoms with Crippen LogP contribution in [0.25, 0.3) is 0 Å². The smallest absolute Gasteiger partial charge is 0.251 e. The third-order valence-corrected chi connectivity index (χ3v) is 6.95. The summed E-state index contributed by atoms with van der Waals surface area (Å²) in [5, 5.41) is 2.83. The van der Waals surface area contributed by atoms with E-state index in [9.17, 15) is 13.2 Å². The first-order chi connectivity index (χ1) is 11.8. The standard InChI is InChI=1S/C18H29N3O3S.ClH/c1-3-18(19,4-2)14-20-17(22)15-9-8-10-16(13-15)25(23,24)21-11-6-5-7-12-21;/h8-10,13H,3-7,11-12,14,19H2,1-2H3,(H,20,22);1H. The Labute approximate surface area is 163 Å². The Balaban J connectivity index is 0.00000338. The number of halogens is 1. The van der Waals surface area contributed by atoms with Crippen molar-refractivity contribution in [1.82, 2.24) is 9.62 Å². The van der Waals surface area contributed by atoms with Crippen molar-refractivity contribution >= 4 is 28.3 Å². The van der Waals surface area contributed by atoms with Gasteiger partial charge in [0.2, 0.25) is 10.0 Å². The van der Waals surface area contributed by atoms with Gasteiger partial charge < -0.3 is 11.1 Å².